The fourth-order valence-electron chi connectivity index (χ4n) is 3.54. The topological polar surface area (TPSA) is 94.8 Å². The van der Waals surface area contributed by atoms with E-state index in [0.717, 1.165) is 17.9 Å². The molecule has 0 atom stereocenters. The number of nitrogens with zero attached hydrogens (tertiary/aromatic N) is 3. The Labute approximate surface area is 198 Å². The molecule has 0 saturated carbocycles. The number of sulfonamides is 1. The van der Waals surface area contributed by atoms with E-state index in [1.54, 1.807) is 24.3 Å². The van der Waals surface area contributed by atoms with Crippen LogP contribution in [-0.4, -0.2) is 61.6 Å². The molecule has 1 saturated heterocycles. The Kier molecular flexibility index (Phi) is 7.69. The number of hydrogen-bond acceptors (Lipinski definition) is 8. The van der Waals surface area contributed by atoms with Gasteiger partial charge in [0.05, 0.1) is 24.7 Å². The van der Waals surface area contributed by atoms with E-state index in [2.05, 4.69) is 30.1 Å². The van der Waals surface area contributed by atoms with Crippen molar-refractivity contribution >= 4 is 21.8 Å². The highest BCUT2D eigenvalue weighted by Crippen LogP contribution is 2.27. The molecule has 0 N–H and O–H groups in total. The van der Waals surface area contributed by atoms with Crippen LogP contribution in [0.2, 0.25) is 0 Å². The van der Waals surface area contributed by atoms with E-state index in [4.69, 9.17) is 13.9 Å². The van der Waals surface area contributed by atoms with Crippen molar-refractivity contribution in [2.24, 2.45) is 0 Å². The molecule has 0 spiro atoms. The van der Waals surface area contributed by atoms with Crippen LogP contribution in [0.4, 0.5) is 0 Å². The van der Waals surface area contributed by atoms with E-state index < -0.39 is 10.0 Å². The molecule has 0 bridgehead atoms. The third-order valence-corrected chi connectivity index (χ3v) is 7.87. The second kappa shape index (κ2) is 10.7. The zero-order valence-electron chi connectivity index (χ0n) is 18.7. The van der Waals surface area contributed by atoms with E-state index in [1.807, 2.05) is 12.1 Å². The lowest BCUT2D eigenvalue weighted by molar-refractivity contribution is 0.0730. The molecule has 0 aliphatic carbocycles. The molecule has 10 heteroatoms. The van der Waals surface area contributed by atoms with Gasteiger partial charge in [-0.3, -0.25) is 0 Å². The van der Waals surface area contributed by atoms with Gasteiger partial charge in [0.15, 0.2) is 0 Å². The summed E-state index contributed by atoms with van der Waals surface area (Å²) in [6, 6.07) is 12.8. The predicted molar refractivity (Wildman–Crippen MR) is 126 cm³/mol. The maximum absolute atomic E-state index is 12.9. The van der Waals surface area contributed by atoms with Crippen LogP contribution in [0.1, 0.15) is 17.5 Å². The van der Waals surface area contributed by atoms with E-state index in [1.165, 1.54) is 27.2 Å². The Morgan fingerprint density at radius 3 is 2.58 bits per heavy atom. The molecule has 0 amide bonds. The van der Waals surface area contributed by atoms with Gasteiger partial charge in [-0.1, -0.05) is 23.9 Å². The number of thioether (sulfide) groups is 1. The van der Waals surface area contributed by atoms with Crippen molar-refractivity contribution in [2.75, 3.05) is 38.7 Å². The van der Waals surface area contributed by atoms with Gasteiger partial charge in [-0.15, -0.1) is 10.2 Å². The quantitative estimate of drug-likeness (QED) is 0.330. The Morgan fingerprint density at radius 1 is 1.06 bits per heavy atom. The number of hydrogen-bond donors (Lipinski definition) is 0. The summed E-state index contributed by atoms with van der Waals surface area (Å²) in [7, 11) is -3.59. The molecule has 0 radical (unpaired) electrons. The summed E-state index contributed by atoms with van der Waals surface area (Å²) in [4.78, 5) is 0.206. The molecule has 4 rings (SSSR count). The number of aryl methyl sites for hydroxylation is 2. The Bertz CT molecular complexity index is 1170. The zero-order chi connectivity index (χ0) is 23.3. The van der Waals surface area contributed by atoms with Crippen molar-refractivity contribution in [3.63, 3.8) is 0 Å². The molecule has 1 aliphatic heterocycles. The fourth-order valence-corrected chi connectivity index (χ4v) is 5.66. The summed E-state index contributed by atoms with van der Waals surface area (Å²) in [5.41, 5.74) is 2.93. The smallest absolute Gasteiger partial charge is 0.276 e. The summed E-state index contributed by atoms with van der Waals surface area (Å²) in [5, 5.41) is 8.62. The second-order valence-electron chi connectivity index (χ2n) is 7.79. The minimum atomic E-state index is -3.59. The van der Waals surface area contributed by atoms with Gasteiger partial charge in [0.1, 0.15) is 5.75 Å². The Hall–Kier alpha value is -2.40. The van der Waals surface area contributed by atoms with E-state index in [9.17, 15) is 8.42 Å². The third-order valence-electron chi connectivity index (χ3n) is 5.07. The van der Waals surface area contributed by atoms with E-state index >= 15 is 0 Å². The maximum atomic E-state index is 12.9. The molecule has 1 aromatic heterocycles. The van der Waals surface area contributed by atoms with Crippen molar-refractivity contribution in [3.8, 4) is 17.2 Å². The van der Waals surface area contributed by atoms with Gasteiger partial charge < -0.3 is 13.9 Å². The van der Waals surface area contributed by atoms with Crippen LogP contribution in [0.15, 0.2) is 57.0 Å². The van der Waals surface area contributed by atoms with Crippen LogP contribution in [-0.2, 0) is 14.8 Å². The number of ether oxygens (including phenoxy) is 2. The molecule has 1 fully saturated rings. The Balaban J connectivity index is 1.32. The number of rotatable bonds is 9. The summed E-state index contributed by atoms with van der Waals surface area (Å²) in [6.07, 6.45) is 0.822. The average Bonchev–Trinajstić information content (AvgIpc) is 3.28. The monoisotopic (exact) mass is 489 g/mol. The predicted octanol–water partition coefficient (Wildman–Crippen LogP) is 3.94. The average molecular weight is 490 g/mol. The molecule has 33 heavy (non-hydrogen) atoms. The summed E-state index contributed by atoms with van der Waals surface area (Å²) < 4.78 is 44.1. The van der Waals surface area contributed by atoms with Crippen molar-refractivity contribution < 1.29 is 22.3 Å². The molecule has 176 valence electrons. The highest BCUT2D eigenvalue weighted by Gasteiger charge is 2.26. The van der Waals surface area contributed by atoms with Gasteiger partial charge in [-0.25, -0.2) is 8.42 Å². The number of benzene rings is 2. The van der Waals surface area contributed by atoms with E-state index in [-0.39, 0.29) is 4.90 Å². The van der Waals surface area contributed by atoms with Gasteiger partial charge in [-0.05, 0) is 61.7 Å². The summed E-state index contributed by atoms with van der Waals surface area (Å²) in [5.74, 6) is 1.94. The van der Waals surface area contributed by atoms with Crippen LogP contribution in [0.5, 0.6) is 5.75 Å². The molecule has 1 aliphatic rings. The lowest BCUT2D eigenvalue weighted by Gasteiger charge is -2.26. The second-order valence-corrected chi connectivity index (χ2v) is 10.8. The first-order valence-corrected chi connectivity index (χ1v) is 13.2. The molecular formula is C23H27N3O5S2. The highest BCUT2D eigenvalue weighted by molar-refractivity contribution is 7.99. The minimum Gasteiger partial charge on any atom is -0.494 e. The molecule has 0 unspecified atom stereocenters. The van der Waals surface area contributed by atoms with Gasteiger partial charge in [0.2, 0.25) is 15.9 Å². The lowest BCUT2D eigenvalue weighted by atomic mass is 10.1. The maximum Gasteiger partial charge on any atom is 0.276 e. The molecule has 2 heterocycles. The fraction of sp³-hybridized carbons (Fsp3) is 0.391. The first kappa shape index (κ1) is 23.7. The van der Waals surface area contributed by atoms with Crippen molar-refractivity contribution in [2.45, 2.75) is 30.4 Å². The molecule has 2 aromatic carbocycles. The molecule has 3 aromatic rings. The zero-order valence-corrected chi connectivity index (χ0v) is 20.3. The van der Waals surface area contributed by atoms with Crippen LogP contribution in [0.25, 0.3) is 11.5 Å². The van der Waals surface area contributed by atoms with Crippen LogP contribution >= 0.6 is 11.8 Å². The first-order valence-electron chi connectivity index (χ1n) is 10.8. The van der Waals surface area contributed by atoms with Crippen molar-refractivity contribution in [3.05, 3.63) is 53.6 Å². The molecular weight excluding hydrogens is 462 g/mol. The van der Waals surface area contributed by atoms with E-state index in [0.29, 0.717) is 49.6 Å². The SMILES string of the molecule is Cc1cc(C)cc(OCCCSc2nnc(-c3cccc(S(=O)(=O)N4CCOCC4)c3)o2)c1. The van der Waals surface area contributed by atoms with Crippen LogP contribution in [0, 0.1) is 13.8 Å². The Morgan fingerprint density at radius 2 is 1.82 bits per heavy atom. The summed E-state index contributed by atoms with van der Waals surface area (Å²) in [6.45, 7) is 6.20. The van der Waals surface area contributed by atoms with Gasteiger partial charge in [0, 0.05) is 24.4 Å². The van der Waals surface area contributed by atoms with Crippen LogP contribution in [0.3, 0.4) is 0 Å². The van der Waals surface area contributed by atoms with Gasteiger partial charge in [-0.2, -0.15) is 4.31 Å². The standard InChI is InChI=1S/C23H27N3O5S2/c1-17-13-18(2)15-20(14-17)30-9-4-12-32-23-25-24-22(31-23)19-5-3-6-21(16-19)33(27,28)26-7-10-29-11-8-26/h3,5-6,13-16H,4,7-12H2,1-2H3. The largest absolute Gasteiger partial charge is 0.494 e. The van der Waals surface area contributed by atoms with Gasteiger partial charge in [0.25, 0.3) is 5.22 Å². The van der Waals surface area contributed by atoms with Crippen molar-refractivity contribution in [1.82, 2.24) is 14.5 Å². The lowest BCUT2D eigenvalue weighted by Crippen LogP contribution is -2.40. The number of morpholine rings is 1. The van der Waals surface area contributed by atoms with Gasteiger partial charge >= 0.3 is 0 Å². The van der Waals surface area contributed by atoms with Crippen LogP contribution < -0.4 is 4.74 Å². The highest BCUT2D eigenvalue weighted by atomic mass is 32.2. The minimum absolute atomic E-state index is 0.206. The first-order chi connectivity index (χ1) is 15.9. The van der Waals surface area contributed by atoms with Crippen molar-refractivity contribution in [1.29, 1.82) is 0 Å². The normalized spacial score (nSPS) is 15.0. The summed E-state index contributed by atoms with van der Waals surface area (Å²) >= 11 is 1.45. The third kappa shape index (κ3) is 6.14. The molecule has 8 nitrogen and oxygen atoms in total. The number of aromatic nitrogens is 2.